The molecule has 0 fully saturated rings. The number of ether oxygens (including phenoxy) is 1. The summed E-state index contributed by atoms with van der Waals surface area (Å²) in [6.07, 6.45) is 2.53. The molecule has 1 aliphatic rings. The lowest BCUT2D eigenvalue weighted by Crippen LogP contribution is -2.30. The lowest BCUT2D eigenvalue weighted by Gasteiger charge is -2.26. The van der Waals surface area contributed by atoms with Crippen molar-refractivity contribution in [3.05, 3.63) is 92.3 Å². The van der Waals surface area contributed by atoms with Gasteiger partial charge in [0.15, 0.2) is 0 Å². The van der Waals surface area contributed by atoms with Crippen LogP contribution in [-0.4, -0.2) is 34.4 Å². The number of nitrogens with zero attached hydrogens (tertiary/aromatic N) is 4. The summed E-state index contributed by atoms with van der Waals surface area (Å²) in [6.45, 7) is 4.51. The molecule has 0 amide bonds. The van der Waals surface area contributed by atoms with Gasteiger partial charge in [0.25, 0.3) is 5.56 Å². The van der Waals surface area contributed by atoms with E-state index < -0.39 is 0 Å². The van der Waals surface area contributed by atoms with Crippen molar-refractivity contribution in [3.8, 4) is 5.75 Å². The number of hydrogen-bond acceptors (Lipinski definition) is 6. The van der Waals surface area contributed by atoms with Crippen LogP contribution in [-0.2, 0) is 19.5 Å². The van der Waals surface area contributed by atoms with Crippen molar-refractivity contribution >= 4 is 27.8 Å². The van der Waals surface area contributed by atoms with E-state index in [0.717, 1.165) is 53.1 Å². The van der Waals surface area contributed by atoms with Crippen molar-refractivity contribution in [2.45, 2.75) is 26.4 Å². The maximum Gasteiger partial charge on any atom is 0.283 e. The van der Waals surface area contributed by atoms with Crippen LogP contribution in [0.25, 0.3) is 10.2 Å². The second kappa shape index (κ2) is 8.68. The first kappa shape index (κ1) is 20.6. The molecule has 0 atom stereocenters. The molecule has 0 radical (unpaired) electrons. The minimum atomic E-state index is -0.0914. The highest BCUT2D eigenvalue weighted by molar-refractivity contribution is 7.18. The topological polar surface area (TPSA) is 59.7 Å². The molecule has 0 N–H and O–H groups in total. The number of rotatable bonds is 5. The smallest absolute Gasteiger partial charge is 0.283 e. The molecule has 1 aliphatic heterocycles. The fourth-order valence-corrected chi connectivity index (χ4v) is 5.41. The van der Waals surface area contributed by atoms with Gasteiger partial charge in [-0.15, -0.1) is 11.3 Å². The van der Waals surface area contributed by atoms with Gasteiger partial charge in [0.2, 0.25) is 0 Å². The third-order valence-corrected chi connectivity index (χ3v) is 6.89. The summed E-state index contributed by atoms with van der Waals surface area (Å²) >= 11 is 1.64. The van der Waals surface area contributed by atoms with Crippen molar-refractivity contribution in [2.24, 2.45) is 5.10 Å². The zero-order valence-electron chi connectivity index (χ0n) is 18.1. The Morgan fingerprint density at radius 3 is 2.69 bits per heavy atom. The first-order chi connectivity index (χ1) is 15.6. The van der Waals surface area contributed by atoms with E-state index in [0.29, 0.717) is 5.82 Å². The Hall–Kier alpha value is -3.29. The van der Waals surface area contributed by atoms with Crippen LogP contribution in [0.1, 0.15) is 27.4 Å². The molecule has 5 rings (SSSR count). The van der Waals surface area contributed by atoms with E-state index in [9.17, 15) is 4.79 Å². The molecule has 32 heavy (non-hydrogen) atoms. The van der Waals surface area contributed by atoms with Crippen LogP contribution in [0, 0.1) is 6.92 Å². The molecule has 0 spiro atoms. The van der Waals surface area contributed by atoms with Gasteiger partial charge in [-0.3, -0.25) is 9.69 Å². The van der Waals surface area contributed by atoms with Crippen LogP contribution >= 0.6 is 11.3 Å². The Bertz CT molecular complexity index is 1340. The van der Waals surface area contributed by atoms with E-state index in [1.54, 1.807) is 24.7 Å². The minimum absolute atomic E-state index is 0.0914. The summed E-state index contributed by atoms with van der Waals surface area (Å²) in [5, 5.41) is 5.17. The highest BCUT2D eigenvalue weighted by Crippen LogP contribution is 2.33. The van der Waals surface area contributed by atoms with Gasteiger partial charge in [0.1, 0.15) is 16.4 Å². The minimum Gasteiger partial charge on any atom is -0.497 e. The molecule has 0 bridgehead atoms. The molecule has 7 heteroatoms. The van der Waals surface area contributed by atoms with Gasteiger partial charge in [0.05, 0.1) is 18.7 Å². The summed E-state index contributed by atoms with van der Waals surface area (Å²) in [6, 6.07) is 18.1. The Balaban J connectivity index is 1.45. The zero-order chi connectivity index (χ0) is 22.1. The molecule has 2 aromatic heterocycles. The molecule has 3 heterocycles. The quantitative estimate of drug-likeness (QED) is 0.433. The molecule has 0 saturated heterocycles. The molecule has 6 nitrogen and oxygen atoms in total. The van der Waals surface area contributed by atoms with Gasteiger partial charge in [-0.2, -0.15) is 9.78 Å². The highest BCUT2D eigenvalue weighted by atomic mass is 32.1. The number of fused-ring (bicyclic) bond motifs is 3. The molecular formula is C25H24N4O2S. The van der Waals surface area contributed by atoms with Gasteiger partial charge in [-0.05, 0) is 54.3 Å². The molecule has 0 saturated carbocycles. The number of hydrogen-bond donors (Lipinski definition) is 0. The summed E-state index contributed by atoms with van der Waals surface area (Å²) in [5.74, 6) is 1.37. The van der Waals surface area contributed by atoms with Gasteiger partial charge in [0, 0.05) is 24.5 Å². The van der Waals surface area contributed by atoms with Crippen LogP contribution in [0.4, 0.5) is 0 Å². The molecule has 0 unspecified atom stereocenters. The van der Waals surface area contributed by atoms with Crippen molar-refractivity contribution < 1.29 is 4.74 Å². The first-order valence-corrected chi connectivity index (χ1v) is 11.4. The van der Waals surface area contributed by atoms with E-state index >= 15 is 0 Å². The summed E-state index contributed by atoms with van der Waals surface area (Å²) < 4.78 is 6.60. The van der Waals surface area contributed by atoms with Crippen molar-refractivity contribution in [2.75, 3.05) is 13.7 Å². The number of aryl methyl sites for hydroxylation is 1. The van der Waals surface area contributed by atoms with Gasteiger partial charge in [-0.25, -0.2) is 4.98 Å². The van der Waals surface area contributed by atoms with E-state index in [1.807, 2.05) is 37.3 Å². The lowest BCUT2D eigenvalue weighted by molar-refractivity contribution is 0.249. The fourth-order valence-electron chi connectivity index (χ4n) is 4.12. The third kappa shape index (κ3) is 3.97. The Kier molecular flexibility index (Phi) is 5.59. The van der Waals surface area contributed by atoms with Gasteiger partial charge < -0.3 is 4.74 Å². The van der Waals surface area contributed by atoms with E-state index in [4.69, 9.17) is 9.72 Å². The van der Waals surface area contributed by atoms with Crippen molar-refractivity contribution in [1.82, 2.24) is 14.6 Å². The first-order valence-electron chi connectivity index (χ1n) is 10.6. The van der Waals surface area contributed by atoms with E-state index in [1.165, 1.54) is 15.1 Å². The molecule has 0 aliphatic carbocycles. The fraction of sp³-hybridized carbons (Fsp3) is 0.240. The van der Waals surface area contributed by atoms with Crippen LogP contribution < -0.4 is 10.3 Å². The average Bonchev–Trinajstić information content (AvgIpc) is 3.17. The van der Waals surface area contributed by atoms with Crippen molar-refractivity contribution in [3.63, 3.8) is 0 Å². The van der Waals surface area contributed by atoms with Crippen molar-refractivity contribution in [1.29, 1.82) is 0 Å². The molecular weight excluding hydrogens is 420 g/mol. The molecule has 4 aromatic rings. The Morgan fingerprint density at radius 2 is 1.94 bits per heavy atom. The average molecular weight is 445 g/mol. The van der Waals surface area contributed by atoms with Crippen LogP contribution in [0.15, 0.2) is 64.5 Å². The monoisotopic (exact) mass is 444 g/mol. The van der Waals surface area contributed by atoms with Gasteiger partial charge >= 0.3 is 0 Å². The van der Waals surface area contributed by atoms with E-state index in [2.05, 4.69) is 34.3 Å². The summed E-state index contributed by atoms with van der Waals surface area (Å²) in [7, 11) is 1.63. The second-order valence-electron chi connectivity index (χ2n) is 7.92. The van der Waals surface area contributed by atoms with Crippen LogP contribution in [0.2, 0.25) is 0 Å². The Morgan fingerprint density at radius 1 is 1.16 bits per heavy atom. The Labute approximate surface area is 190 Å². The van der Waals surface area contributed by atoms with Crippen LogP contribution in [0.3, 0.4) is 0 Å². The standard InChI is InChI=1S/C25H24N4O2S/c1-17-27-24-23(25(30)29(17)26-14-18-8-10-20(31-2)11-9-18)21-12-13-28(16-22(21)32-24)15-19-6-4-3-5-7-19/h3-11,14H,12-13,15-16H2,1-2H3/b26-14+. The third-order valence-electron chi connectivity index (χ3n) is 5.78. The van der Waals surface area contributed by atoms with Gasteiger partial charge in [-0.1, -0.05) is 30.3 Å². The predicted molar refractivity (Wildman–Crippen MR) is 129 cm³/mol. The number of thiophene rings is 1. The van der Waals surface area contributed by atoms with E-state index in [-0.39, 0.29) is 5.56 Å². The number of methoxy groups -OCH3 is 1. The summed E-state index contributed by atoms with van der Waals surface area (Å²) in [5.41, 5.74) is 3.24. The largest absolute Gasteiger partial charge is 0.497 e. The maximum atomic E-state index is 13.4. The second-order valence-corrected chi connectivity index (χ2v) is 9.01. The summed E-state index contributed by atoms with van der Waals surface area (Å²) in [4.78, 5) is 22.6. The van der Waals surface area contributed by atoms with Crippen LogP contribution in [0.5, 0.6) is 5.75 Å². The molecule has 162 valence electrons. The SMILES string of the molecule is COc1ccc(/C=N/n2c(C)nc3sc4c(c3c2=O)CCN(Cc2ccccc2)C4)cc1. The lowest BCUT2D eigenvalue weighted by atomic mass is 10.0. The number of aromatic nitrogens is 2. The molecule has 2 aromatic carbocycles. The highest BCUT2D eigenvalue weighted by Gasteiger charge is 2.24. The normalized spacial score (nSPS) is 14.2. The zero-order valence-corrected chi connectivity index (χ0v) is 18.9. The number of benzene rings is 2. The predicted octanol–water partition coefficient (Wildman–Crippen LogP) is 4.22. The maximum absolute atomic E-state index is 13.4.